The van der Waals surface area contributed by atoms with Crippen LogP contribution in [0.1, 0.15) is 46.5 Å². The van der Waals surface area contributed by atoms with Crippen molar-refractivity contribution >= 4 is 5.97 Å². The van der Waals surface area contributed by atoms with Gasteiger partial charge in [-0.15, -0.1) is 0 Å². The first kappa shape index (κ1) is 11.7. The van der Waals surface area contributed by atoms with Crippen molar-refractivity contribution in [1.29, 1.82) is 0 Å². The average Bonchev–Trinajstić information content (AvgIpc) is 2.16. The highest BCUT2D eigenvalue weighted by atomic mass is 16.5. The number of hydrogen-bond acceptors (Lipinski definition) is 2. The number of carbonyl (C=O) groups is 1. The normalized spacial score (nSPS) is 36.9. The number of allylic oxidation sites excluding steroid dienone is 1. The Kier molecular flexibility index (Phi) is 2.85. The Balaban J connectivity index is 2.18. The molecule has 0 aromatic rings. The maximum absolute atomic E-state index is 11.2. The molecule has 0 spiro atoms. The molecule has 90 valence electrons. The van der Waals surface area contributed by atoms with Gasteiger partial charge in [0.1, 0.15) is 6.10 Å². The van der Waals surface area contributed by atoms with Crippen molar-refractivity contribution < 1.29 is 9.53 Å². The molecule has 2 fully saturated rings. The molecular weight excluding hydrogens is 200 g/mol. The Hall–Kier alpha value is -0.790. The third kappa shape index (κ3) is 2.02. The molecule has 0 N–H and O–H groups in total. The van der Waals surface area contributed by atoms with Gasteiger partial charge in [-0.2, -0.15) is 0 Å². The van der Waals surface area contributed by atoms with E-state index in [1.54, 1.807) is 0 Å². The number of carbonyl (C=O) groups excluding carboxylic acids is 1. The maximum atomic E-state index is 11.2. The Morgan fingerprint density at radius 2 is 2.19 bits per heavy atom. The fourth-order valence-electron chi connectivity index (χ4n) is 3.55. The molecule has 0 saturated heterocycles. The zero-order valence-corrected chi connectivity index (χ0v) is 10.6. The van der Waals surface area contributed by atoms with Gasteiger partial charge in [0.05, 0.1) is 0 Å². The lowest BCUT2D eigenvalue weighted by Crippen LogP contribution is -2.47. The third-order valence-corrected chi connectivity index (χ3v) is 4.26. The van der Waals surface area contributed by atoms with Gasteiger partial charge >= 0.3 is 5.97 Å². The average molecular weight is 222 g/mol. The lowest BCUT2D eigenvalue weighted by Gasteiger charge is -2.49. The minimum atomic E-state index is -0.138. The van der Waals surface area contributed by atoms with E-state index in [0.717, 1.165) is 19.3 Å². The lowest BCUT2D eigenvalue weighted by molar-refractivity contribution is -0.164. The van der Waals surface area contributed by atoms with Gasteiger partial charge in [-0.25, -0.2) is 0 Å². The van der Waals surface area contributed by atoms with Crippen LogP contribution in [0.3, 0.4) is 0 Å². The summed E-state index contributed by atoms with van der Waals surface area (Å²) < 4.78 is 5.56. The summed E-state index contributed by atoms with van der Waals surface area (Å²) in [6, 6.07) is 0. The predicted molar refractivity (Wildman–Crippen MR) is 63.9 cm³/mol. The molecule has 0 aliphatic heterocycles. The van der Waals surface area contributed by atoms with Crippen molar-refractivity contribution in [1.82, 2.24) is 0 Å². The van der Waals surface area contributed by atoms with Crippen molar-refractivity contribution in [3.63, 3.8) is 0 Å². The highest BCUT2D eigenvalue weighted by Gasteiger charge is 2.47. The van der Waals surface area contributed by atoms with E-state index in [1.807, 2.05) is 0 Å². The molecule has 2 bridgehead atoms. The van der Waals surface area contributed by atoms with E-state index in [4.69, 9.17) is 4.74 Å². The van der Waals surface area contributed by atoms with Gasteiger partial charge in [0.25, 0.3) is 0 Å². The first-order chi connectivity index (χ1) is 7.40. The summed E-state index contributed by atoms with van der Waals surface area (Å²) in [4.78, 5) is 11.2. The van der Waals surface area contributed by atoms with Crippen LogP contribution in [0, 0.1) is 17.3 Å². The molecule has 2 nitrogen and oxygen atoms in total. The lowest BCUT2D eigenvalue weighted by atomic mass is 9.59. The number of esters is 1. The van der Waals surface area contributed by atoms with Gasteiger partial charge in [-0.3, -0.25) is 4.79 Å². The number of hydrogen-bond donors (Lipinski definition) is 0. The zero-order valence-electron chi connectivity index (χ0n) is 10.6. The molecule has 0 radical (unpaired) electrons. The SMILES string of the molecule is C=C1CCC2CC1CC(C)(C)C2OC(C)=O. The van der Waals surface area contributed by atoms with E-state index in [9.17, 15) is 4.79 Å². The Labute approximate surface area is 98.1 Å². The molecule has 16 heavy (non-hydrogen) atoms. The summed E-state index contributed by atoms with van der Waals surface area (Å²) in [5.41, 5.74) is 1.51. The highest BCUT2D eigenvalue weighted by Crippen LogP contribution is 2.51. The molecule has 0 heterocycles. The Bertz CT molecular complexity index is 317. The van der Waals surface area contributed by atoms with E-state index in [0.29, 0.717) is 11.8 Å². The van der Waals surface area contributed by atoms with Crippen LogP contribution in [0.15, 0.2) is 12.2 Å². The first-order valence-corrected chi connectivity index (χ1v) is 6.25. The Morgan fingerprint density at radius 1 is 1.50 bits per heavy atom. The van der Waals surface area contributed by atoms with Crippen LogP contribution < -0.4 is 0 Å². The topological polar surface area (TPSA) is 26.3 Å². The second-order valence-corrected chi connectivity index (χ2v) is 6.11. The van der Waals surface area contributed by atoms with Crippen LogP contribution >= 0.6 is 0 Å². The van der Waals surface area contributed by atoms with Crippen molar-refractivity contribution in [2.75, 3.05) is 0 Å². The van der Waals surface area contributed by atoms with Crippen molar-refractivity contribution in [2.45, 2.75) is 52.6 Å². The third-order valence-electron chi connectivity index (χ3n) is 4.26. The molecule has 2 rings (SSSR count). The molecule has 2 aliphatic rings. The van der Waals surface area contributed by atoms with Gasteiger partial charge in [0.15, 0.2) is 0 Å². The summed E-state index contributed by atoms with van der Waals surface area (Å²) in [5, 5.41) is 0. The van der Waals surface area contributed by atoms with Gasteiger partial charge in [-0.05, 0) is 37.5 Å². The summed E-state index contributed by atoms with van der Waals surface area (Å²) in [6.45, 7) is 10.1. The molecule has 0 aromatic heterocycles. The zero-order chi connectivity index (χ0) is 11.9. The molecule has 3 unspecified atom stereocenters. The van der Waals surface area contributed by atoms with Gasteiger partial charge in [-0.1, -0.05) is 26.0 Å². The van der Waals surface area contributed by atoms with Crippen LogP contribution in [0.25, 0.3) is 0 Å². The van der Waals surface area contributed by atoms with Crippen LogP contribution in [0.2, 0.25) is 0 Å². The van der Waals surface area contributed by atoms with Crippen LogP contribution in [-0.2, 0) is 9.53 Å². The summed E-state index contributed by atoms with van der Waals surface area (Å²) in [7, 11) is 0. The minimum absolute atomic E-state index is 0.0998. The molecule has 0 aromatic carbocycles. The maximum Gasteiger partial charge on any atom is 0.302 e. The number of fused-ring (bicyclic) bond motifs is 2. The van der Waals surface area contributed by atoms with E-state index < -0.39 is 0 Å². The van der Waals surface area contributed by atoms with E-state index in [-0.39, 0.29) is 17.5 Å². The predicted octanol–water partition coefficient (Wildman–Crippen LogP) is 3.32. The first-order valence-electron chi connectivity index (χ1n) is 6.25. The molecule has 2 saturated carbocycles. The smallest absolute Gasteiger partial charge is 0.302 e. The van der Waals surface area contributed by atoms with E-state index in [2.05, 4.69) is 20.4 Å². The Morgan fingerprint density at radius 3 is 2.81 bits per heavy atom. The molecular formula is C14H22O2. The molecule has 2 heteroatoms. The summed E-state index contributed by atoms with van der Waals surface area (Å²) in [6.07, 6.45) is 4.63. The molecule has 2 aliphatic carbocycles. The molecule has 3 atom stereocenters. The summed E-state index contributed by atoms with van der Waals surface area (Å²) in [5.74, 6) is 1.06. The van der Waals surface area contributed by atoms with Crippen molar-refractivity contribution in [3.05, 3.63) is 12.2 Å². The minimum Gasteiger partial charge on any atom is -0.462 e. The number of rotatable bonds is 1. The van der Waals surface area contributed by atoms with Gasteiger partial charge in [0, 0.05) is 12.3 Å². The summed E-state index contributed by atoms with van der Waals surface area (Å²) >= 11 is 0. The standard InChI is InChI=1S/C14H22O2/c1-9-5-6-11-7-12(9)8-14(3,4)13(11)16-10(2)15/h11-13H,1,5-8H2,2-4H3. The van der Waals surface area contributed by atoms with E-state index in [1.165, 1.54) is 18.9 Å². The van der Waals surface area contributed by atoms with E-state index >= 15 is 0 Å². The van der Waals surface area contributed by atoms with Gasteiger partial charge < -0.3 is 4.74 Å². The van der Waals surface area contributed by atoms with Crippen LogP contribution in [0.4, 0.5) is 0 Å². The highest BCUT2D eigenvalue weighted by molar-refractivity contribution is 5.66. The quantitative estimate of drug-likeness (QED) is 0.502. The van der Waals surface area contributed by atoms with Crippen LogP contribution in [-0.4, -0.2) is 12.1 Å². The fourth-order valence-corrected chi connectivity index (χ4v) is 3.55. The van der Waals surface area contributed by atoms with Crippen molar-refractivity contribution in [2.24, 2.45) is 17.3 Å². The largest absolute Gasteiger partial charge is 0.462 e. The molecule has 0 amide bonds. The fraction of sp³-hybridized carbons (Fsp3) is 0.786. The van der Waals surface area contributed by atoms with Crippen LogP contribution in [0.5, 0.6) is 0 Å². The second-order valence-electron chi connectivity index (χ2n) is 6.11. The number of ether oxygens (including phenoxy) is 1. The monoisotopic (exact) mass is 222 g/mol. The second kappa shape index (κ2) is 3.90. The van der Waals surface area contributed by atoms with Crippen molar-refractivity contribution in [3.8, 4) is 0 Å². The van der Waals surface area contributed by atoms with Gasteiger partial charge in [0.2, 0.25) is 0 Å².